The molecular formula is C10H11ClN6O. The first-order valence-corrected chi connectivity index (χ1v) is 5.51. The van der Waals surface area contributed by atoms with Crippen LogP contribution in [0.4, 0.5) is 5.95 Å². The molecule has 18 heavy (non-hydrogen) atoms. The van der Waals surface area contributed by atoms with Crippen molar-refractivity contribution >= 4 is 17.5 Å². The Kier molecular flexibility index (Phi) is 5.09. The van der Waals surface area contributed by atoms with Gasteiger partial charge in [0.1, 0.15) is 13.1 Å². The average Bonchev–Trinajstić information content (AvgIpc) is 2.27. The zero-order chi connectivity index (χ0) is 13.5. The van der Waals surface area contributed by atoms with Gasteiger partial charge in [0.15, 0.2) is 0 Å². The van der Waals surface area contributed by atoms with E-state index < -0.39 is 0 Å². The fourth-order valence-corrected chi connectivity index (χ4v) is 1.24. The molecule has 0 spiro atoms. The van der Waals surface area contributed by atoms with E-state index in [0.717, 1.165) is 0 Å². The van der Waals surface area contributed by atoms with Crippen molar-refractivity contribution in [1.82, 2.24) is 15.0 Å². The summed E-state index contributed by atoms with van der Waals surface area (Å²) >= 11 is 5.74. The molecule has 1 aromatic rings. The first-order chi connectivity index (χ1) is 8.56. The summed E-state index contributed by atoms with van der Waals surface area (Å²) in [4.78, 5) is 13.1. The molecule has 0 saturated carbocycles. The second-order valence-electron chi connectivity index (χ2n) is 3.53. The SMILES string of the molecule is CC(C)Oc1nc(Cl)nc(N(CC#N)CC#N)n1. The predicted molar refractivity (Wildman–Crippen MR) is 64.0 cm³/mol. The second kappa shape index (κ2) is 6.58. The van der Waals surface area contributed by atoms with Gasteiger partial charge in [-0.15, -0.1) is 0 Å². The van der Waals surface area contributed by atoms with Crippen LogP contribution in [-0.4, -0.2) is 34.1 Å². The van der Waals surface area contributed by atoms with Gasteiger partial charge in [0.05, 0.1) is 18.2 Å². The highest BCUT2D eigenvalue weighted by Crippen LogP contribution is 2.15. The fourth-order valence-electron chi connectivity index (χ4n) is 1.09. The molecule has 0 fully saturated rings. The van der Waals surface area contributed by atoms with Gasteiger partial charge in [-0.05, 0) is 25.4 Å². The third-order valence-corrected chi connectivity index (χ3v) is 1.89. The van der Waals surface area contributed by atoms with Crippen LogP contribution in [0, 0.1) is 22.7 Å². The van der Waals surface area contributed by atoms with Gasteiger partial charge in [0.25, 0.3) is 0 Å². The predicted octanol–water partition coefficient (Wildman–Crippen LogP) is 1.17. The maximum Gasteiger partial charge on any atom is 0.322 e. The second-order valence-corrected chi connectivity index (χ2v) is 3.86. The fraction of sp³-hybridized carbons (Fsp3) is 0.500. The first-order valence-electron chi connectivity index (χ1n) is 5.14. The molecule has 0 amide bonds. The molecule has 7 nitrogen and oxygen atoms in total. The molecule has 0 radical (unpaired) electrons. The van der Waals surface area contributed by atoms with Gasteiger partial charge < -0.3 is 9.64 Å². The van der Waals surface area contributed by atoms with Crippen LogP contribution in [0.1, 0.15) is 13.8 Å². The van der Waals surface area contributed by atoms with E-state index in [0.29, 0.717) is 0 Å². The van der Waals surface area contributed by atoms with E-state index in [1.807, 2.05) is 26.0 Å². The normalized spacial score (nSPS) is 9.67. The van der Waals surface area contributed by atoms with Crippen molar-refractivity contribution in [1.29, 1.82) is 10.5 Å². The molecule has 0 aliphatic heterocycles. The minimum Gasteiger partial charge on any atom is -0.461 e. The van der Waals surface area contributed by atoms with Crippen LogP contribution in [0.3, 0.4) is 0 Å². The number of halogens is 1. The molecule has 0 N–H and O–H groups in total. The van der Waals surface area contributed by atoms with Crippen LogP contribution in [0.15, 0.2) is 0 Å². The largest absolute Gasteiger partial charge is 0.461 e. The van der Waals surface area contributed by atoms with Crippen molar-refractivity contribution in [3.05, 3.63) is 5.28 Å². The topological polar surface area (TPSA) is 98.7 Å². The van der Waals surface area contributed by atoms with Crippen LogP contribution in [0.5, 0.6) is 6.01 Å². The van der Waals surface area contributed by atoms with Crippen LogP contribution in [0.2, 0.25) is 5.28 Å². The molecule has 0 bridgehead atoms. The summed E-state index contributed by atoms with van der Waals surface area (Å²) in [5.74, 6) is 0.147. The number of nitriles is 2. The number of nitrogens with zero attached hydrogens (tertiary/aromatic N) is 6. The lowest BCUT2D eigenvalue weighted by Crippen LogP contribution is -2.26. The third-order valence-electron chi connectivity index (χ3n) is 1.72. The van der Waals surface area contributed by atoms with E-state index in [4.69, 9.17) is 26.9 Å². The number of hydrogen-bond donors (Lipinski definition) is 0. The summed E-state index contributed by atoms with van der Waals surface area (Å²) in [5.41, 5.74) is 0. The van der Waals surface area contributed by atoms with E-state index in [9.17, 15) is 0 Å². The number of hydrogen-bond acceptors (Lipinski definition) is 7. The molecule has 0 atom stereocenters. The quantitative estimate of drug-likeness (QED) is 0.738. The Morgan fingerprint density at radius 1 is 1.22 bits per heavy atom. The molecule has 0 saturated heterocycles. The van der Waals surface area contributed by atoms with Crippen molar-refractivity contribution in [2.75, 3.05) is 18.0 Å². The first kappa shape index (κ1) is 13.9. The highest BCUT2D eigenvalue weighted by molar-refractivity contribution is 6.28. The van der Waals surface area contributed by atoms with Crippen molar-refractivity contribution in [2.24, 2.45) is 0 Å². The van der Waals surface area contributed by atoms with Crippen LogP contribution >= 0.6 is 11.6 Å². The zero-order valence-corrected chi connectivity index (χ0v) is 10.7. The van der Waals surface area contributed by atoms with E-state index >= 15 is 0 Å². The van der Waals surface area contributed by atoms with Crippen LogP contribution < -0.4 is 9.64 Å². The van der Waals surface area contributed by atoms with Gasteiger partial charge in [0.2, 0.25) is 11.2 Å². The van der Waals surface area contributed by atoms with Gasteiger partial charge in [-0.2, -0.15) is 25.5 Å². The van der Waals surface area contributed by atoms with Crippen LogP contribution in [0.25, 0.3) is 0 Å². The molecule has 0 unspecified atom stereocenters. The van der Waals surface area contributed by atoms with Crippen molar-refractivity contribution in [3.63, 3.8) is 0 Å². The standard InChI is InChI=1S/C10H11ClN6O/c1-7(2)18-10-15-8(11)14-9(16-10)17(5-3-12)6-4-13/h7H,5-6H2,1-2H3. The lowest BCUT2D eigenvalue weighted by atomic mass is 10.5. The maximum absolute atomic E-state index is 8.67. The Hall–Kier alpha value is -2.12. The van der Waals surface area contributed by atoms with E-state index in [2.05, 4.69) is 15.0 Å². The summed E-state index contributed by atoms with van der Waals surface area (Å²) in [5, 5.41) is 17.3. The molecule has 0 aliphatic carbocycles. The van der Waals surface area contributed by atoms with Crippen LogP contribution in [-0.2, 0) is 0 Å². The summed E-state index contributed by atoms with van der Waals surface area (Å²) in [6.07, 6.45) is -0.114. The van der Waals surface area contributed by atoms with Crippen molar-refractivity contribution in [3.8, 4) is 18.1 Å². The average molecular weight is 267 g/mol. The summed E-state index contributed by atoms with van der Waals surface area (Å²) < 4.78 is 5.30. The highest BCUT2D eigenvalue weighted by atomic mass is 35.5. The summed E-state index contributed by atoms with van der Waals surface area (Å²) in [6.45, 7) is 3.60. The van der Waals surface area contributed by atoms with E-state index in [1.54, 1.807) is 0 Å². The number of anilines is 1. The monoisotopic (exact) mass is 266 g/mol. The Morgan fingerprint density at radius 3 is 2.33 bits per heavy atom. The molecule has 0 aromatic carbocycles. The summed E-state index contributed by atoms with van der Waals surface area (Å²) in [6, 6.07) is 3.91. The van der Waals surface area contributed by atoms with Gasteiger partial charge >= 0.3 is 6.01 Å². The third kappa shape index (κ3) is 4.04. The lowest BCUT2D eigenvalue weighted by Gasteiger charge is -2.16. The maximum atomic E-state index is 8.67. The molecule has 1 rings (SSSR count). The number of ether oxygens (including phenoxy) is 1. The van der Waals surface area contributed by atoms with Gasteiger partial charge in [-0.3, -0.25) is 0 Å². The zero-order valence-electron chi connectivity index (χ0n) is 9.96. The molecular weight excluding hydrogens is 256 g/mol. The Labute approximate surface area is 110 Å². The smallest absolute Gasteiger partial charge is 0.322 e. The summed E-state index contributed by atoms with van der Waals surface area (Å²) in [7, 11) is 0. The van der Waals surface area contributed by atoms with Gasteiger partial charge in [-0.1, -0.05) is 0 Å². The van der Waals surface area contributed by atoms with E-state index in [-0.39, 0.29) is 36.4 Å². The van der Waals surface area contributed by atoms with Gasteiger partial charge in [-0.25, -0.2) is 0 Å². The molecule has 0 aliphatic rings. The highest BCUT2D eigenvalue weighted by Gasteiger charge is 2.13. The molecule has 94 valence electrons. The van der Waals surface area contributed by atoms with Crippen molar-refractivity contribution in [2.45, 2.75) is 20.0 Å². The minimum absolute atomic E-state index is 0.0188. The molecule has 8 heteroatoms. The Morgan fingerprint density at radius 2 is 1.83 bits per heavy atom. The minimum atomic E-state index is -0.114. The number of rotatable bonds is 5. The lowest BCUT2D eigenvalue weighted by molar-refractivity contribution is 0.221. The van der Waals surface area contributed by atoms with Gasteiger partial charge in [0, 0.05) is 0 Å². The number of aromatic nitrogens is 3. The molecule has 1 heterocycles. The molecule has 1 aromatic heterocycles. The Balaban J connectivity index is 3.03. The van der Waals surface area contributed by atoms with Crippen molar-refractivity contribution < 1.29 is 4.74 Å². The van der Waals surface area contributed by atoms with E-state index in [1.165, 1.54) is 4.90 Å². The Bertz CT molecular complexity index is 476.